The summed E-state index contributed by atoms with van der Waals surface area (Å²) >= 11 is 2.09. The van der Waals surface area contributed by atoms with Crippen LogP contribution in [-0.2, 0) is 38.2 Å². The van der Waals surface area contributed by atoms with Crippen LogP contribution in [0.1, 0.15) is 42.4 Å². The van der Waals surface area contributed by atoms with Gasteiger partial charge >= 0.3 is 195 Å². The van der Waals surface area contributed by atoms with Gasteiger partial charge in [0.2, 0.25) is 0 Å². The summed E-state index contributed by atoms with van der Waals surface area (Å²) in [6.07, 6.45) is 3.98. The Morgan fingerprint density at radius 1 is 0.921 bits per heavy atom. The number of pyridine rings is 1. The van der Waals surface area contributed by atoms with Crippen molar-refractivity contribution in [2.24, 2.45) is 6.98 Å². The summed E-state index contributed by atoms with van der Waals surface area (Å²) in [4.78, 5) is 7.02. The second-order valence-electron chi connectivity index (χ2n) is 10.7. The Balaban J connectivity index is 1.36. The number of rotatable bonds is 4. The van der Waals surface area contributed by atoms with Gasteiger partial charge in [-0.15, -0.1) is 0 Å². The maximum absolute atomic E-state index is 8.10. The fraction of sp³-hybridized carbons (Fsp3) is 0.250. The van der Waals surface area contributed by atoms with Crippen LogP contribution in [0.25, 0.3) is 16.7 Å². The number of benzene rings is 3. The fourth-order valence-corrected chi connectivity index (χ4v) is 5.92. The van der Waals surface area contributed by atoms with E-state index in [1.165, 1.54) is 15.7 Å². The van der Waals surface area contributed by atoms with Crippen LogP contribution in [0, 0.1) is 3.80 Å². The van der Waals surface area contributed by atoms with E-state index in [1.54, 1.807) is 0 Å². The number of anilines is 2. The number of nitrogens with zero attached hydrogens (tertiary/aromatic N) is 4. The number of ether oxygens (including phenoxy) is 1. The number of fused-ring (bicyclic) bond motifs is 2. The van der Waals surface area contributed by atoms with E-state index in [9.17, 15) is 0 Å². The van der Waals surface area contributed by atoms with Crippen LogP contribution in [-0.4, -0.2) is 20.7 Å². The molecule has 38 heavy (non-hydrogen) atoms. The van der Waals surface area contributed by atoms with E-state index in [2.05, 4.69) is 69.3 Å². The standard InChI is InChI=1S/C32H32N4O.Pt/c1-32(2,3)24-16-17-33-31(19-24)35-18-8-9-23-14-15-27(21-30(23)35)37-26-11-7-10-25(20-26)36-22-34(4)28-12-5-6-13-29(28)36;/h5-7,10-17,19-21H,8-9,18H2,1-4H3;/i4D3;. The molecule has 0 N–H and O–H groups in total. The van der Waals surface area contributed by atoms with Gasteiger partial charge in [-0.2, -0.15) is 0 Å². The molecule has 196 valence electrons. The molecule has 0 fully saturated rings. The first-order valence-corrected chi connectivity index (χ1v) is 14.0. The predicted molar refractivity (Wildman–Crippen MR) is 150 cm³/mol. The molecule has 0 aliphatic carbocycles. The van der Waals surface area contributed by atoms with Crippen LogP contribution in [0.3, 0.4) is 0 Å². The minimum absolute atomic E-state index is 0.0396. The van der Waals surface area contributed by atoms with Gasteiger partial charge in [-0.1, -0.05) is 20.8 Å². The van der Waals surface area contributed by atoms with Crippen molar-refractivity contribution in [3.8, 4) is 17.2 Å². The predicted octanol–water partition coefficient (Wildman–Crippen LogP) is 7.62. The van der Waals surface area contributed by atoms with Gasteiger partial charge in [0.05, 0.1) is 0 Å². The monoisotopic (exact) mass is 686 g/mol. The van der Waals surface area contributed by atoms with Crippen LogP contribution >= 0.6 is 0 Å². The Morgan fingerprint density at radius 3 is 2.55 bits per heavy atom. The van der Waals surface area contributed by atoms with Crippen LogP contribution in [0.2, 0.25) is 0 Å². The zero-order valence-corrected chi connectivity index (χ0v) is 24.0. The molecule has 0 saturated carbocycles. The summed E-state index contributed by atoms with van der Waals surface area (Å²) in [7, 11) is 0. The normalized spacial score (nSPS) is 15.1. The third-order valence-electron chi connectivity index (χ3n) is 7.08. The summed E-state index contributed by atoms with van der Waals surface area (Å²) < 4.78 is 34.7. The van der Waals surface area contributed by atoms with E-state index in [0.29, 0.717) is 15.1 Å². The number of hydrogen-bond acceptors (Lipinski definition) is 3. The molecule has 6 heteroatoms. The van der Waals surface area contributed by atoms with E-state index in [1.807, 2.05) is 65.4 Å². The van der Waals surface area contributed by atoms with E-state index in [-0.39, 0.29) is 5.41 Å². The fourth-order valence-electron chi connectivity index (χ4n) is 5.07. The van der Waals surface area contributed by atoms with Crippen LogP contribution in [0.4, 0.5) is 11.5 Å². The molecule has 0 unspecified atom stereocenters. The Bertz CT molecular complexity index is 1820. The van der Waals surface area contributed by atoms with Gasteiger partial charge < -0.3 is 0 Å². The van der Waals surface area contributed by atoms with Gasteiger partial charge in [0, 0.05) is 6.20 Å². The number of aromatic nitrogens is 3. The zero-order chi connectivity index (χ0) is 28.9. The molecule has 0 atom stereocenters. The Kier molecular flexibility index (Phi) is 5.49. The van der Waals surface area contributed by atoms with Crippen molar-refractivity contribution in [2.45, 2.75) is 39.0 Å². The third kappa shape index (κ3) is 4.54. The molecule has 5 aromatic rings. The molecule has 1 aliphatic rings. The van der Waals surface area contributed by atoms with Gasteiger partial charge in [-0.25, -0.2) is 0 Å². The summed E-state index contributed by atoms with van der Waals surface area (Å²) in [6.45, 7) is 5.26. The number of aryl methyl sites for hydroxylation is 2. The molecule has 3 aromatic carbocycles. The topological polar surface area (TPSA) is 35.2 Å². The zero-order valence-electron chi connectivity index (χ0n) is 24.7. The van der Waals surface area contributed by atoms with E-state index in [4.69, 9.17) is 13.8 Å². The summed E-state index contributed by atoms with van der Waals surface area (Å²) in [5.41, 5.74) is 6.00. The first-order chi connectivity index (χ1) is 19.5. The number of imidazole rings is 1. The van der Waals surface area contributed by atoms with E-state index >= 15 is 0 Å². The molecule has 0 saturated heterocycles. The summed E-state index contributed by atoms with van der Waals surface area (Å²) in [5.74, 6) is 2.37. The van der Waals surface area contributed by atoms with Crippen molar-refractivity contribution in [2.75, 3.05) is 11.4 Å². The average Bonchev–Trinajstić information content (AvgIpc) is 3.24. The minimum atomic E-state index is -2.30. The Morgan fingerprint density at radius 2 is 1.74 bits per heavy atom. The molecule has 2 aromatic heterocycles. The van der Waals surface area contributed by atoms with Crippen LogP contribution < -0.4 is 9.64 Å². The number of hydrogen-bond donors (Lipinski definition) is 0. The molecular formula is C32H32N4OPt. The van der Waals surface area contributed by atoms with Gasteiger partial charge in [0.1, 0.15) is 0 Å². The second-order valence-corrected chi connectivity index (χ2v) is 11.7. The van der Waals surface area contributed by atoms with Crippen molar-refractivity contribution >= 4 is 22.5 Å². The molecule has 5 nitrogen and oxygen atoms in total. The molecular weight excluding hydrogens is 651 g/mol. The van der Waals surface area contributed by atoms with Gasteiger partial charge in [0.25, 0.3) is 0 Å². The summed E-state index contributed by atoms with van der Waals surface area (Å²) in [6, 6.07) is 25.9. The van der Waals surface area contributed by atoms with Crippen LogP contribution in [0.15, 0.2) is 85.1 Å². The van der Waals surface area contributed by atoms with Crippen LogP contribution in [0.5, 0.6) is 11.5 Å². The molecule has 6 rings (SSSR count). The molecule has 0 spiro atoms. The SMILES string of the molecule is [2H]C([2H])([2H])n1[c](=[Pt])n(-c2cccc(Oc3ccc4c(c3)N(c3cc(C(C)(C)C)ccn3)CCC4)c2)c2ccccc21. The molecule has 3 heterocycles. The van der Waals surface area contributed by atoms with Gasteiger partial charge in [-0.3, -0.25) is 0 Å². The van der Waals surface area contributed by atoms with E-state index < -0.39 is 6.98 Å². The van der Waals surface area contributed by atoms with Gasteiger partial charge in [0.15, 0.2) is 0 Å². The number of para-hydroxylation sites is 2. The maximum atomic E-state index is 8.10. The first kappa shape index (κ1) is 21.5. The van der Waals surface area contributed by atoms with Gasteiger partial charge in [-0.05, 0) is 17.0 Å². The Hall–Kier alpha value is -3.43. The Labute approximate surface area is 239 Å². The average molecular weight is 687 g/mol. The van der Waals surface area contributed by atoms with E-state index in [0.717, 1.165) is 47.8 Å². The summed E-state index contributed by atoms with van der Waals surface area (Å²) in [5, 5.41) is 0. The second kappa shape index (κ2) is 9.71. The van der Waals surface area contributed by atoms with Crippen molar-refractivity contribution in [3.63, 3.8) is 0 Å². The van der Waals surface area contributed by atoms with Crippen molar-refractivity contribution in [1.82, 2.24) is 14.1 Å². The molecule has 0 radical (unpaired) electrons. The molecule has 0 amide bonds. The third-order valence-corrected chi connectivity index (χ3v) is 8.10. The first-order valence-electron chi connectivity index (χ1n) is 14.3. The van der Waals surface area contributed by atoms with Crippen molar-refractivity contribution in [3.05, 3.63) is 100.0 Å². The molecule has 1 aliphatic heterocycles. The molecule has 0 bridgehead atoms. The van der Waals surface area contributed by atoms with Crippen molar-refractivity contribution < 1.29 is 28.2 Å². The quantitative estimate of drug-likeness (QED) is 0.195. The van der Waals surface area contributed by atoms with Crippen molar-refractivity contribution in [1.29, 1.82) is 0 Å².